The van der Waals surface area contributed by atoms with Crippen molar-refractivity contribution in [3.8, 4) is 0 Å². The van der Waals surface area contributed by atoms with E-state index in [0.29, 0.717) is 19.5 Å². The van der Waals surface area contributed by atoms with Crippen LogP contribution in [0.15, 0.2) is 35.7 Å². The molecule has 4 amide bonds. The summed E-state index contributed by atoms with van der Waals surface area (Å²) < 4.78 is 0. The van der Waals surface area contributed by atoms with Crippen molar-refractivity contribution in [3.05, 3.63) is 57.3 Å². The first kappa shape index (κ1) is 17.4. The Morgan fingerprint density at radius 1 is 1.14 bits per heavy atom. The minimum atomic E-state index is -0.987. The number of benzene rings is 1. The fourth-order valence-electron chi connectivity index (χ4n) is 4.63. The molecule has 2 aliphatic heterocycles. The van der Waals surface area contributed by atoms with E-state index in [9.17, 15) is 14.4 Å². The Balaban J connectivity index is 1.35. The van der Waals surface area contributed by atoms with Crippen molar-refractivity contribution >= 4 is 29.2 Å². The summed E-state index contributed by atoms with van der Waals surface area (Å²) in [5, 5.41) is 4.88. The van der Waals surface area contributed by atoms with Crippen LogP contribution in [0.1, 0.15) is 34.4 Å². The van der Waals surface area contributed by atoms with Crippen LogP contribution in [-0.4, -0.2) is 40.7 Å². The summed E-state index contributed by atoms with van der Waals surface area (Å²) in [6, 6.07) is 9.55. The number of aryl methyl sites for hydroxylation is 1. The molecule has 3 aliphatic rings. The molecule has 1 aliphatic carbocycles. The van der Waals surface area contributed by atoms with Crippen LogP contribution in [-0.2, 0) is 34.5 Å². The SMILES string of the molecule is O=C(CN1C(=O)N[C@]2(CCCc3sccc32)C1=O)N1CCc2ccccc2C1. The number of fused-ring (bicyclic) bond motifs is 3. The van der Waals surface area contributed by atoms with Crippen molar-refractivity contribution in [1.82, 2.24) is 15.1 Å². The third kappa shape index (κ3) is 2.57. The van der Waals surface area contributed by atoms with Crippen molar-refractivity contribution in [3.63, 3.8) is 0 Å². The second-order valence-electron chi connectivity index (χ2n) is 7.67. The smallest absolute Gasteiger partial charge is 0.325 e. The molecule has 1 fully saturated rings. The standard InChI is InChI=1S/C21H21N3O3S/c25-18(23-10-7-14-4-1-2-5-15(14)12-23)13-24-19(26)21(22-20(24)27)9-3-6-17-16(21)8-11-28-17/h1-2,4-5,8,11H,3,6-7,9-10,12-13H2,(H,22,27)/t21-/m0/s1. The first-order chi connectivity index (χ1) is 13.6. The van der Waals surface area contributed by atoms with Gasteiger partial charge in [-0.05, 0) is 48.3 Å². The molecule has 1 aromatic carbocycles. The third-order valence-corrected chi connectivity index (χ3v) is 7.09. The molecule has 2 aromatic rings. The molecular weight excluding hydrogens is 374 g/mol. The predicted molar refractivity (Wildman–Crippen MR) is 105 cm³/mol. The van der Waals surface area contributed by atoms with Crippen molar-refractivity contribution in [2.24, 2.45) is 0 Å². The number of rotatable bonds is 2. The second-order valence-corrected chi connectivity index (χ2v) is 8.67. The van der Waals surface area contributed by atoms with Crippen molar-refractivity contribution in [2.75, 3.05) is 13.1 Å². The number of carbonyl (C=O) groups excluding carboxylic acids is 3. The zero-order valence-corrected chi connectivity index (χ0v) is 16.3. The number of nitrogens with zero attached hydrogens (tertiary/aromatic N) is 2. The van der Waals surface area contributed by atoms with Crippen LogP contribution in [0.2, 0.25) is 0 Å². The summed E-state index contributed by atoms with van der Waals surface area (Å²) in [5.74, 6) is -0.473. The molecule has 1 atom stereocenters. The quantitative estimate of drug-likeness (QED) is 0.794. The summed E-state index contributed by atoms with van der Waals surface area (Å²) >= 11 is 1.62. The highest BCUT2D eigenvalue weighted by Gasteiger charge is 2.54. The maximum absolute atomic E-state index is 13.2. The minimum Gasteiger partial charge on any atom is -0.336 e. The third-order valence-electron chi connectivity index (χ3n) is 6.11. The van der Waals surface area contributed by atoms with Crippen LogP contribution >= 0.6 is 11.3 Å². The molecule has 144 valence electrons. The highest BCUT2D eigenvalue weighted by atomic mass is 32.1. The molecule has 7 heteroatoms. The molecule has 0 radical (unpaired) electrons. The summed E-state index contributed by atoms with van der Waals surface area (Å²) in [4.78, 5) is 42.8. The predicted octanol–water partition coefficient (Wildman–Crippen LogP) is 2.42. The fourth-order valence-corrected chi connectivity index (χ4v) is 5.63. The van der Waals surface area contributed by atoms with Crippen molar-refractivity contribution in [1.29, 1.82) is 0 Å². The number of imide groups is 1. The average molecular weight is 395 g/mol. The van der Waals surface area contributed by atoms with Gasteiger partial charge in [-0.25, -0.2) is 4.79 Å². The number of hydrogen-bond acceptors (Lipinski definition) is 4. The van der Waals surface area contributed by atoms with Gasteiger partial charge in [-0.2, -0.15) is 0 Å². The lowest BCUT2D eigenvalue weighted by Gasteiger charge is -2.32. The van der Waals surface area contributed by atoms with E-state index >= 15 is 0 Å². The Kier molecular flexibility index (Phi) is 4.01. The molecule has 1 aromatic heterocycles. The van der Waals surface area contributed by atoms with Gasteiger partial charge < -0.3 is 10.2 Å². The maximum atomic E-state index is 13.2. The lowest BCUT2D eigenvalue weighted by molar-refractivity contribution is -0.140. The number of nitrogens with one attached hydrogen (secondary N) is 1. The Morgan fingerprint density at radius 2 is 1.96 bits per heavy atom. The topological polar surface area (TPSA) is 69.7 Å². The van der Waals surface area contributed by atoms with E-state index in [-0.39, 0.29) is 18.4 Å². The Labute approximate surface area is 167 Å². The summed E-state index contributed by atoms with van der Waals surface area (Å²) in [5.41, 5.74) is 2.31. The summed E-state index contributed by atoms with van der Waals surface area (Å²) in [7, 11) is 0. The van der Waals surface area contributed by atoms with E-state index in [4.69, 9.17) is 0 Å². The van der Waals surface area contributed by atoms with E-state index in [1.54, 1.807) is 16.2 Å². The number of thiophene rings is 1. The van der Waals surface area contributed by atoms with Gasteiger partial charge in [0.2, 0.25) is 5.91 Å². The molecular formula is C21H21N3O3S. The molecule has 1 spiro atoms. The van der Waals surface area contributed by atoms with Gasteiger partial charge in [0, 0.05) is 23.5 Å². The van der Waals surface area contributed by atoms with E-state index in [2.05, 4.69) is 11.4 Å². The first-order valence-corrected chi connectivity index (χ1v) is 10.5. The number of amides is 4. The lowest BCUT2D eigenvalue weighted by atomic mass is 9.80. The van der Waals surface area contributed by atoms with Gasteiger partial charge in [0.05, 0.1) is 0 Å². The normalized spacial score (nSPS) is 23.6. The zero-order valence-electron chi connectivity index (χ0n) is 15.4. The van der Waals surface area contributed by atoms with Crippen molar-refractivity contribution in [2.45, 2.75) is 37.8 Å². The highest BCUT2D eigenvalue weighted by molar-refractivity contribution is 7.10. The van der Waals surface area contributed by atoms with E-state index in [1.165, 1.54) is 5.56 Å². The van der Waals surface area contributed by atoms with Crippen LogP contribution < -0.4 is 5.32 Å². The monoisotopic (exact) mass is 395 g/mol. The molecule has 5 rings (SSSR count). The van der Waals surface area contributed by atoms with Crippen LogP contribution in [0.3, 0.4) is 0 Å². The highest BCUT2D eigenvalue weighted by Crippen LogP contribution is 2.42. The van der Waals surface area contributed by atoms with E-state index in [1.807, 2.05) is 29.6 Å². The van der Waals surface area contributed by atoms with Gasteiger partial charge >= 0.3 is 6.03 Å². The van der Waals surface area contributed by atoms with Gasteiger partial charge in [0.25, 0.3) is 5.91 Å². The second kappa shape index (κ2) is 6.44. The van der Waals surface area contributed by atoms with E-state index in [0.717, 1.165) is 40.2 Å². The molecule has 1 saturated heterocycles. The number of carbonyl (C=O) groups is 3. The first-order valence-electron chi connectivity index (χ1n) is 9.64. The Bertz CT molecular complexity index is 985. The Hall–Kier alpha value is -2.67. The van der Waals surface area contributed by atoms with Crippen LogP contribution in [0.25, 0.3) is 0 Å². The number of urea groups is 1. The molecule has 6 nitrogen and oxygen atoms in total. The lowest BCUT2D eigenvalue weighted by Crippen LogP contribution is -2.47. The van der Waals surface area contributed by atoms with Gasteiger partial charge in [0.1, 0.15) is 12.1 Å². The molecule has 28 heavy (non-hydrogen) atoms. The molecule has 3 heterocycles. The molecule has 1 N–H and O–H groups in total. The average Bonchev–Trinajstić information content (AvgIpc) is 3.28. The Morgan fingerprint density at radius 3 is 2.82 bits per heavy atom. The van der Waals surface area contributed by atoms with Gasteiger partial charge in [-0.1, -0.05) is 24.3 Å². The van der Waals surface area contributed by atoms with Crippen molar-refractivity contribution < 1.29 is 14.4 Å². The largest absolute Gasteiger partial charge is 0.336 e. The minimum absolute atomic E-state index is 0.184. The molecule has 0 saturated carbocycles. The zero-order chi connectivity index (χ0) is 19.3. The summed E-state index contributed by atoms with van der Waals surface area (Å²) in [6.07, 6.45) is 3.17. The number of hydrogen-bond donors (Lipinski definition) is 1. The van der Waals surface area contributed by atoms with Gasteiger partial charge in [0.15, 0.2) is 0 Å². The van der Waals surface area contributed by atoms with Crippen LogP contribution in [0.4, 0.5) is 4.79 Å². The van der Waals surface area contributed by atoms with Gasteiger partial charge in [-0.15, -0.1) is 11.3 Å². The van der Waals surface area contributed by atoms with Gasteiger partial charge in [-0.3, -0.25) is 14.5 Å². The maximum Gasteiger partial charge on any atom is 0.325 e. The van der Waals surface area contributed by atoms with Crippen LogP contribution in [0.5, 0.6) is 0 Å². The molecule has 0 unspecified atom stereocenters. The van der Waals surface area contributed by atoms with Crippen LogP contribution in [0, 0.1) is 0 Å². The summed E-state index contributed by atoms with van der Waals surface area (Å²) in [6.45, 7) is 0.936. The molecule has 0 bridgehead atoms. The van der Waals surface area contributed by atoms with E-state index < -0.39 is 11.6 Å². The fraction of sp³-hybridized carbons (Fsp3) is 0.381.